The number of hydrogen-bond acceptors (Lipinski definition) is 5. The third-order valence-corrected chi connectivity index (χ3v) is 4.86. The molecule has 6 nitrogen and oxygen atoms in total. The molecule has 2 rings (SSSR count). The molecule has 1 aromatic heterocycles. The predicted octanol–water partition coefficient (Wildman–Crippen LogP) is 0.558. The Labute approximate surface area is 107 Å². The minimum Gasteiger partial charge on any atom is -0.349 e. The van der Waals surface area contributed by atoms with E-state index in [9.17, 15) is 8.42 Å². The maximum Gasteiger partial charge on any atom is 0.222 e. The van der Waals surface area contributed by atoms with Gasteiger partial charge in [0.05, 0.1) is 11.8 Å². The van der Waals surface area contributed by atoms with Gasteiger partial charge in [-0.2, -0.15) is 4.31 Å². The van der Waals surface area contributed by atoms with Crippen molar-refractivity contribution in [2.75, 3.05) is 24.2 Å². The molecule has 100 valence electrons. The van der Waals surface area contributed by atoms with Crippen LogP contribution < -0.4 is 5.32 Å². The van der Waals surface area contributed by atoms with Crippen molar-refractivity contribution in [1.29, 1.82) is 0 Å². The third kappa shape index (κ3) is 3.17. The van der Waals surface area contributed by atoms with E-state index in [2.05, 4.69) is 15.3 Å². The lowest BCUT2D eigenvalue weighted by molar-refractivity contribution is 0.278. The first-order valence-corrected chi connectivity index (χ1v) is 7.59. The fourth-order valence-corrected chi connectivity index (χ4v) is 3.71. The van der Waals surface area contributed by atoms with E-state index in [1.54, 1.807) is 18.5 Å². The Hall–Kier alpha value is -1.21. The number of aromatic nitrogens is 2. The molecule has 1 aromatic rings. The van der Waals surface area contributed by atoms with Crippen molar-refractivity contribution in [2.45, 2.75) is 19.9 Å². The van der Waals surface area contributed by atoms with Crippen LogP contribution in [0.5, 0.6) is 0 Å². The summed E-state index contributed by atoms with van der Waals surface area (Å²) in [7, 11) is -3.10. The van der Waals surface area contributed by atoms with E-state index >= 15 is 0 Å². The smallest absolute Gasteiger partial charge is 0.222 e. The van der Waals surface area contributed by atoms with E-state index in [-0.39, 0.29) is 17.7 Å². The number of hydrogen-bond donors (Lipinski definition) is 1. The molecule has 1 saturated heterocycles. The molecule has 1 aliphatic heterocycles. The molecular weight excluding hydrogens is 252 g/mol. The summed E-state index contributed by atoms with van der Waals surface area (Å²) in [4.78, 5) is 8.09. The maximum absolute atomic E-state index is 11.9. The van der Waals surface area contributed by atoms with Crippen LogP contribution in [-0.2, 0) is 10.0 Å². The summed E-state index contributed by atoms with van der Waals surface area (Å²) >= 11 is 0. The van der Waals surface area contributed by atoms with Gasteiger partial charge in [-0.3, -0.25) is 0 Å². The van der Waals surface area contributed by atoms with Crippen LogP contribution >= 0.6 is 0 Å². The SMILES string of the molecule is CC(C)CS(=O)(=O)N1CC(Nc2ncccn2)C1. The van der Waals surface area contributed by atoms with Crippen molar-refractivity contribution < 1.29 is 8.42 Å². The van der Waals surface area contributed by atoms with Gasteiger partial charge < -0.3 is 5.32 Å². The molecular formula is C11H18N4O2S. The van der Waals surface area contributed by atoms with Crippen molar-refractivity contribution in [3.63, 3.8) is 0 Å². The van der Waals surface area contributed by atoms with Crippen LogP contribution in [0.4, 0.5) is 5.95 Å². The van der Waals surface area contributed by atoms with Gasteiger partial charge in [0.15, 0.2) is 0 Å². The zero-order valence-corrected chi connectivity index (χ0v) is 11.4. The topological polar surface area (TPSA) is 75.2 Å². The Kier molecular flexibility index (Phi) is 3.82. The quantitative estimate of drug-likeness (QED) is 0.846. The van der Waals surface area contributed by atoms with Crippen LogP contribution in [0, 0.1) is 5.92 Å². The van der Waals surface area contributed by atoms with E-state index in [0.717, 1.165) is 0 Å². The van der Waals surface area contributed by atoms with E-state index in [4.69, 9.17) is 0 Å². The second-order valence-corrected chi connectivity index (χ2v) is 6.92. The zero-order chi connectivity index (χ0) is 13.2. The molecule has 0 aliphatic carbocycles. The van der Waals surface area contributed by atoms with Gasteiger partial charge in [-0.15, -0.1) is 0 Å². The highest BCUT2D eigenvalue weighted by atomic mass is 32.2. The van der Waals surface area contributed by atoms with Gasteiger partial charge >= 0.3 is 0 Å². The highest BCUT2D eigenvalue weighted by molar-refractivity contribution is 7.89. The van der Waals surface area contributed by atoms with Gasteiger partial charge in [0.25, 0.3) is 0 Å². The average molecular weight is 270 g/mol. The van der Waals surface area contributed by atoms with Crippen LogP contribution in [0.1, 0.15) is 13.8 Å². The van der Waals surface area contributed by atoms with Crippen LogP contribution in [0.15, 0.2) is 18.5 Å². The van der Waals surface area contributed by atoms with E-state index in [1.165, 1.54) is 4.31 Å². The lowest BCUT2D eigenvalue weighted by Gasteiger charge is -2.38. The maximum atomic E-state index is 11.9. The van der Waals surface area contributed by atoms with E-state index in [1.807, 2.05) is 13.8 Å². The predicted molar refractivity (Wildman–Crippen MR) is 69.6 cm³/mol. The van der Waals surface area contributed by atoms with E-state index < -0.39 is 10.0 Å². The van der Waals surface area contributed by atoms with Crippen molar-refractivity contribution in [1.82, 2.24) is 14.3 Å². The van der Waals surface area contributed by atoms with Crippen LogP contribution in [0.25, 0.3) is 0 Å². The molecule has 0 unspecified atom stereocenters. The number of rotatable bonds is 5. The lowest BCUT2D eigenvalue weighted by atomic mass is 10.2. The lowest BCUT2D eigenvalue weighted by Crippen LogP contribution is -2.57. The number of sulfonamides is 1. The van der Waals surface area contributed by atoms with Crippen LogP contribution in [0.2, 0.25) is 0 Å². The van der Waals surface area contributed by atoms with Gasteiger partial charge in [-0.05, 0) is 12.0 Å². The Morgan fingerprint density at radius 3 is 2.56 bits per heavy atom. The molecule has 1 aliphatic rings. The molecule has 1 fully saturated rings. The Bertz CT molecular complexity index is 483. The molecule has 7 heteroatoms. The van der Waals surface area contributed by atoms with Crippen LogP contribution in [0.3, 0.4) is 0 Å². The summed E-state index contributed by atoms with van der Waals surface area (Å²) < 4.78 is 25.3. The Morgan fingerprint density at radius 2 is 2.00 bits per heavy atom. The summed E-state index contributed by atoms with van der Waals surface area (Å²) in [5.74, 6) is 0.907. The van der Waals surface area contributed by atoms with Gasteiger partial charge in [-0.1, -0.05) is 13.8 Å². The molecule has 2 heterocycles. The Morgan fingerprint density at radius 1 is 1.39 bits per heavy atom. The molecule has 0 aromatic carbocycles. The molecule has 18 heavy (non-hydrogen) atoms. The van der Waals surface area contributed by atoms with Crippen molar-refractivity contribution in [3.8, 4) is 0 Å². The highest BCUT2D eigenvalue weighted by Gasteiger charge is 2.36. The summed E-state index contributed by atoms with van der Waals surface area (Å²) in [5.41, 5.74) is 0. The molecule has 0 atom stereocenters. The first-order valence-electron chi connectivity index (χ1n) is 5.99. The van der Waals surface area contributed by atoms with E-state index in [0.29, 0.717) is 19.0 Å². The first kappa shape index (κ1) is 13.2. The molecule has 0 amide bonds. The number of anilines is 1. The molecule has 0 saturated carbocycles. The first-order chi connectivity index (χ1) is 8.47. The monoisotopic (exact) mass is 270 g/mol. The molecule has 1 N–H and O–H groups in total. The van der Waals surface area contributed by atoms with Gasteiger partial charge in [-0.25, -0.2) is 18.4 Å². The second kappa shape index (κ2) is 5.19. The third-order valence-electron chi connectivity index (χ3n) is 2.68. The summed E-state index contributed by atoms with van der Waals surface area (Å²) in [6.45, 7) is 4.80. The largest absolute Gasteiger partial charge is 0.349 e. The summed E-state index contributed by atoms with van der Waals surface area (Å²) in [6.07, 6.45) is 3.31. The fourth-order valence-electron chi connectivity index (χ4n) is 1.84. The van der Waals surface area contributed by atoms with Gasteiger partial charge in [0.1, 0.15) is 0 Å². The zero-order valence-electron chi connectivity index (χ0n) is 10.6. The summed E-state index contributed by atoms with van der Waals surface area (Å²) in [6, 6.07) is 1.85. The standard InChI is InChI=1S/C11H18N4O2S/c1-9(2)8-18(16,17)15-6-10(7-15)14-11-12-4-3-5-13-11/h3-5,9-10H,6-8H2,1-2H3,(H,12,13,14). The molecule has 0 spiro atoms. The number of nitrogens with zero attached hydrogens (tertiary/aromatic N) is 3. The molecule has 0 radical (unpaired) electrons. The van der Waals surface area contributed by atoms with Crippen molar-refractivity contribution in [3.05, 3.63) is 18.5 Å². The molecule has 0 bridgehead atoms. The Balaban J connectivity index is 1.84. The summed E-state index contributed by atoms with van der Waals surface area (Å²) in [5, 5.41) is 3.11. The normalized spacial score (nSPS) is 17.7. The minimum absolute atomic E-state index is 0.106. The van der Waals surface area contributed by atoms with Crippen molar-refractivity contribution in [2.24, 2.45) is 5.92 Å². The average Bonchev–Trinajstić information content (AvgIpc) is 2.22. The minimum atomic E-state index is -3.10. The van der Waals surface area contributed by atoms with Gasteiger partial charge in [0.2, 0.25) is 16.0 Å². The highest BCUT2D eigenvalue weighted by Crippen LogP contribution is 2.18. The van der Waals surface area contributed by atoms with Crippen LogP contribution in [-0.4, -0.2) is 47.6 Å². The van der Waals surface area contributed by atoms with Crippen molar-refractivity contribution >= 4 is 16.0 Å². The second-order valence-electron chi connectivity index (χ2n) is 4.90. The fraction of sp³-hybridized carbons (Fsp3) is 0.636. The number of nitrogens with one attached hydrogen (secondary N) is 1. The van der Waals surface area contributed by atoms with Gasteiger partial charge in [0, 0.05) is 25.5 Å².